The van der Waals surface area contributed by atoms with Crippen LogP contribution in [0.25, 0.3) is 0 Å². The number of benzene rings is 3. The van der Waals surface area contributed by atoms with Gasteiger partial charge in [-0.2, -0.15) is 17.2 Å². The van der Waals surface area contributed by atoms with Crippen molar-refractivity contribution < 1.29 is 45.5 Å². The first-order valence-corrected chi connectivity index (χ1v) is 16.3. The molecule has 12 heteroatoms. The third kappa shape index (κ3) is 7.49. The standard InChI is InChI=1S/C32H34F2O8S2/c1-21(2)29(35)42-25-11-17-28(18-12-25)43(26-13-7-23(8-14-26)31(6)39-19-30(4,5)20-40-31)27-15-9-24(10-16-27)41-22(3)32(33,34)44(36,37)38/h7-18,22H,1,19-20H2,2-6H3/p+1. The maximum atomic E-state index is 14.0. The first-order valence-electron chi connectivity index (χ1n) is 13.6. The van der Waals surface area contributed by atoms with Crippen LogP contribution in [0.5, 0.6) is 11.5 Å². The van der Waals surface area contributed by atoms with E-state index in [4.69, 9.17) is 23.5 Å². The maximum absolute atomic E-state index is 14.0. The average Bonchev–Trinajstić information content (AvgIpc) is 2.96. The van der Waals surface area contributed by atoms with Gasteiger partial charge in [0.15, 0.2) is 26.6 Å². The van der Waals surface area contributed by atoms with Gasteiger partial charge in [-0.3, -0.25) is 4.55 Å². The van der Waals surface area contributed by atoms with Crippen LogP contribution in [0, 0.1) is 5.41 Å². The first kappa shape index (κ1) is 33.6. The van der Waals surface area contributed by atoms with Crippen LogP contribution in [0.3, 0.4) is 0 Å². The monoisotopic (exact) mass is 649 g/mol. The van der Waals surface area contributed by atoms with Crippen LogP contribution in [-0.2, 0) is 41.1 Å². The highest BCUT2D eigenvalue weighted by Gasteiger charge is 2.51. The number of ether oxygens (including phenoxy) is 4. The fourth-order valence-corrected chi connectivity index (χ4v) is 6.70. The molecule has 0 spiro atoms. The van der Waals surface area contributed by atoms with Gasteiger partial charge in [0.25, 0.3) is 0 Å². The van der Waals surface area contributed by atoms with Gasteiger partial charge in [-0.25, -0.2) is 4.79 Å². The zero-order valence-electron chi connectivity index (χ0n) is 25.0. The Bertz CT molecular complexity index is 1590. The highest BCUT2D eigenvalue weighted by Crippen LogP contribution is 2.39. The topological polar surface area (TPSA) is 108 Å². The first-order chi connectivity index (χ1) is 20.4. The number of hydrogen-bond donors (Lipinski definition) is 1. The molecule has 0 bridgehead atoms. The Morgan fingerprint density at radius 2 is 1.34 bits per heavy atom. The zero-order chi connectivity index (χ0) is 32.5. The number of alkyl halides is 2. The molecule has 1 aliphatic heterocycles. The van der Waals surface area contributed by atoms with Crippen LogP contribution in [0.4, 0.5) is 8.78 Å². The van der Waals surface area contributed by atoms with Gasteiger partial charge in [-0.05, 0) is 93.6 Å². The summed E-state index contributed by atoms with van der Waals surface area (Å²) in [5, 5.41) is -4.49. The van der Waals surface area contributed by atoms with E-state index >= 15 is 0 Å². The number of rotatable bonds is 10. The second-order valence-electron chi connectivity index (χ2n) is 11.4. The number of hydrogen-bond acceptors (Lipinski definition) is 7. The van der Waals surface area contributed by atoms with Gasteiger partial charge in [0.1, 0.15) is 11.5 Å². The number of halogens is 2. The van der Waals surface area contributed by atoms with Crippen molar-refractivity contribution in [2.75, 3.05) is 13.2 Å². The Morgan fingerprint density at radius 1 is 0.909 bits per heavy atom. The van der Waals surface area contributed by atoms with Crippen LogP contribution in [0.15, 0.2) is 99.6 Å². The summed E-state index contributed by atoms with van der Waals surface area (Å²) in [4.78, 5) is 14.6. The lowest BCUT2D eigenvalue weighted by Gasteiger charge is -2.41. The smallest absolute Gasteiger partial charge is 0.405 e. The molecular weight excluding hydrogens is 614 g/mol. The Hall–Kier alpha value is -3.29. The number of carbonyl (C=O) groups excluding carboxylic acids is 1. The van der Waals surface area contributed by atoms with Crippen molar-refractivity contribution in [3.63, 3.8) is 0 Å². The van der Waals surface area contributed by atoms with Crippen LogP contribution in [0.1, 0.15) is 40.2 Å². The van der Waals surface area contributed by atoms with Crippen molar-refractivity contribution >= 4 is 27.0 Å². The molecule has 1 aliphatic rings. The molecule has 0 aromatic heterocycles. The molecule has 1 saturated heterocycles. The summed E-state index contributed by atoms with van der Waals surface area (Å²) in [6, 6.07) is 21.1. The Morgan fingerprint density at radius 3 is 1.77 bits per heavy atom. The molecule has 2 atom stereocenters. The Labute approximate surface area is 259 Å². The van der Waals surface area contributed by atoms with E-state index in [1.165, 1.54) is 12.1 Å². The maximum Gasteiger partial charge on any atom is 0.405 e. The second kappa shape index (κ2) is 12.6. The quantitative estimate of drug-likeness (QED) is 0.0845. The normalized spacial score (nSPS) is 17.7. The summed E-state index contributed by atoms with van der Waals surface area (Å²) >= 11 is 0. The van der Waals surface area contributed by atoms with E-state index in [2.05, 4.69) is 20.4 Å². The minimum atomic E-state index is -5.66. The molecule has 0 aliphatic carbocycles. The van der Waals surface area contributed by atoms with Gasteiger partial charge in [0.2, 0.25) is 0 Å². The van der Waals surface area contributed by atoms with E-state index in [-0.39, 0.29) is 16.7 Å². The zero-order valence-corrected chi connectivity index (χ0v) is 26.6. The lowest BCUT2D eigenvalue weighted by Crippen LogP contribution is -2.43. The number of esters is 1. The van der Waals surface area contributed by atoms with E-state index in [0.29, 0.717) is 19.0 Å². The van der Waals surface area contributed by atoms with Gasteiger partial charge in [0.05, 0.1) is 24.1 Å². The molecule has 44 heavy (non-hydrogen) atoms. The molecule has 8 nitrogen and oxygen atoms in total. The lowest BCUT2D eigenvalue weighted by atomic mass is 9.94. The van der Waals surface area contributed by atoms with E-state index in [1.54, 1.807) is 31.2 Å². The minimum Gasteiger partial charge on any atom is -0.483 e. The summed E-state index contributed by atoms with van der Waals surface area (Å²) in [6.45, 7) is 13.1. The molecule has 0 radical (unpaired) electrons. The fraction of sp³-hybridized carbons (Fsp3) is 0.344. The third-order valence-corrected chi connectivity index (χ3v) is 10.1. The van der Waals surface area contributed by atoms with Crippen molar-refractivity contribution in [1.29, 1.82) is 0 Å². The Balaban J connectivity index is 1.65. The highest BCUT2D eigenvalue weighted by atomic mass is 32.2. The van der Waals surface area contributed by atoms with E-state index in [1.807, 2.05) is 43.3 Å². The van der Waals surface area contributed by atoms with Crippen molar-refractivity contribution in [2.45, 2.75) is 66.5 Å². The molecule has 236 valence electrons. The van der Waals surface area contributed by atoms with Crippen LogP contribution in [-0.4, -0.2) is 43.5 Å². The molecular formula is C32H35F2O8S2+. The molecule has 1 heterocycles. The molecule has 1 N–H and O–H groups in total. The highest BCUT2D eigenvalue weighted by molar-refractivity contribution is 7.97. The van der Waals surface area contributed by atoms with Crippen molar-refractivity contribution in [3.8, 4) is 11.5 Å². The molecule has 3 aromatic carbocycles. The van der Waals surface area contributed by atoms with Crippen molar-refractivity contribution in [2.24, 2.45) is 5.41 Å². The molecule has 4 rings (SSSR count). The largest absolute Gasteiger partial charge is 0.483 e. The van der Waals surface area contributed by atoms with Gasteiger partial charge in [-0.15, -0.1) is 0 Å². The minimum absolute atomic E-state index is 0.00651. The second-order valence-corrected chi connectivity index (χ2v) is 14.9. The van der Waals surface area contributed by atoms with Crippen LogP contribution >= 0.6 is 0 Å². The third-order valence-electron chi connectivity index (χ3n) is 6.90. The predicted octanol–water partition coefficient (Wildman–Crippen LogP) is 6.76. The molecule has 2 unspecified atom stereocenters. The van der Waals surface area contributed by atoms with Crippen molar-refractivity contribution in [1.82, 2.24) is 0 Å². The summed E-state index contributed by atoms with van der Waals surface area (Å²) in [5.41, 5.74) is 1.02. The Kier molecular flexibility index (Phi) is 9.62. The number of carbonyl (C=O) groups is 1. The average molecular weight is 650 g/mol. The van der Waals surface area contributed by atoms with Gasteiger partial charge in [0, 0.05) is 16.6 Å². The van der Waals surface area contributed by atoms with Gasteiger partial charge >= 0.3 is 21.3 Å². The predicted molar refractivity (Wildman–Crippen MR) is 162 cm³/mol. The molecule has 3 aromatic rings. The van der Waals surface area contributed by atoms with E-state index < -0.39 is 44.1 Å². The molecule has 0 saturated carbocycles. The van der Waals surface area contributed by atoms with Crippen molar-refractivity contribution in [3.05, 3.63) is 90.5 Å². The summed E-state index contributed by atoms with van der Waals surface area (Å²) in [5.74, 6) is -1.10. The summed E-state index contributed by atoms with van der Waals surface area (Å²) < 4.78 is 81.9. The molecule has 0 amide bonds. The van der Waals surface area contributed by atoms with Gasteiger partial charge in [-0.1, -0.05) is 20.4 Å². The summed E-state index contributed by atoms with van der Waals surface area (Å²) in [6.07, 6.45) is -2.14. The van der Waals surface area contributed by atoms with E-state index in [0.717, 1.165) is 27.2 Å². The van der Waals surface area contributed by atoms with Crippen LogP contribution in [0.2, 0.25) is 0 Å². The van der Waals surface area contributed by atoms with Gasteiger partial charge < -0.3 is 18.9 Å². The lowest BCUT2D eigenvalue weighted by molar-refractivity contribution is -0.298. The fourth-order valence-electron chi connectivity index (χ4n) is 4.19. The van der Waals surface area contributed by atoms with E-state index in [9.17, 15) is 22.0 Å². The van der Waals surface area contributed by atoms with Crippen LogP contribution < -0.4 is 9.47 Å². The molecule has 1 fully saturated rings. The SMILES string of the molecule is C=C(C)C(=O)Oc1ccc([S+](c2ccc(OC(C)C(F)(F)S(=O)(=O)O)cc2)c2ccc(C3(C)OCC(C)(C)CO3)cc2)cc1. The summed E-state index contributed by atoms with van der Waals surface area (Å²) in [7, 11) is -6.38.